The lowest BCUT2D eigenvalue weighted by molar-refractivity contribution is -0.147. The van der Waals surface area contributed by atoms with Crippen molar-refractivity contribution in [2.24, 2.45) is 5.41 Å². The van der Waals surface area contributed by atoms with E-state index in [-0.39, 0.29) is 18.2 Å². The molecule has 0 amide bonds. The first-order valence-electron chi connectivity index (χ1n) is 9.96. The Morgan fingerprint density at radius 3 is 2.96 bits per heavy atom. The van der Waals surface area contributed by atoms with Crippen LogP contribution in [0.25, 0.3) is 16.6 Å². The van der Waals surface area contributed by atoms with Gasteiger partial charge in [-0.05, 0) is 49.9 Å². The van der Waals surface area contributed by atoms with Gasteiger partial charge in [-0.25, -0.2) is 4.79 Å². The van der Waals surface area contributed by atoms with E-state index < -0.39 is 0 Å². The molecule has 5 rings (SSSR count). The lowest BCUT2D eigenvalue weighted by Gasteiger charge is -2.53. The maximum absolute atomic E-state index is 13.0. The van der Waals surface area contributed by atoms with E-state index in [1.807, 2.05) is 0 Å². The largest absolute Gasteiger partial charge is 0.434 e. The average molecular weight is 366 g/mol. The third kappa shape index (κ3) is 2.28. The first-order valence-corrected chi connectivity index (χ1v) is 9.96. The SMILES string of the molecule is CC[C@]12C=C(C(=O)OCOC)n3c4c(c5ccccc53)CCN(CCC1)C42. The minimum absolute atomic E-state index is 0.000773. The van der Waals surface area contributed by atoms with Crippen LogP contribution in [0, 0.1) is 5.41 Å². The molecule has 2 aromatic rings. The second kappa shape index (κ2) is 6.21. The fraction of sp³-hybridized carbons (Fsp3) is 0.500. The molecule has 0 radical (unpaired) electrons. The summed E-state index contributed by atoms with van der Waals surface area (Å²) in [4.78, 5) is 15.6. The minimum atomic E-state index is -0.297. The number of rotatable bonds is 4. The number of piperidine rings is 1. The molecule has 1 fully saturated rings. The summed E-state index contributed by atoms with van der Waals surface area (Å²) in [5.74, 6) is -0.297. The molecule has 0 N–H and O–H groups in total. The highest BCUT2D eigenvalue weighted by Crippen LogP contribution is 2.57. The predicted molar refractivity (Wildman–Crippen MR) is 104 cm³/mol. The molecule has 3 aliphatic heterocycles. The number of hydrogen-bond donors (Lipinski definition) is 0. The first-order chi connectivity index (χ1) is 13.2. The lowest BCUT2D eigenvalue weighted by Crippen LogP contribution is -2.51. The highest BCUT2D eigenvalue weighted by Gasteiger charge is 2.51. The van der Waals surface area contributed by atoms with E-state index in [9.17, 15) is 4.79 Å². The van der Waals surface area contributed by atoms with Crippen molar-refractivity contribution >= 4 is 22.6 Å². The molecule has 0 saturated carbocycles. The van der Waals surface area contributed by atoms with Crippen LogP contribution in [0.15, 0.2) is 30.3 Å². The van der Waals surface area contributed by atoms with Gasteiger partial charge in [0, 0.05) is 30.1 Å². The summed E-state index contributed by atoms with van der Waals surface area (Å²) in [5.41, 5.74) is 4.50. The maximum Gasteiger partial charge on any atom is 0.357 e. The molecule has 0 aliphatic carbocycles. The zero-order valence-corrected chi connectivity index (χ0v) is 16.0. The summed E-state index contributed by atoms with van der Waals surface area (Å²) >= 11 is 0. The number of carbonyl (C=O) groups is 1. The van der Waals surface area contributed by atoms with Gasteiger partial charge < -0.3 is 14.0 Å². The standard InChI is InChI=1S/C22H26N2O3/c1-3-22-10-6-11-23-12-9-16-15-7-4-5-8-17(15)24(19(16)20(22)23)18(13-22)21(25)27-14-26-2/h4-5,7-8,13,20H,3,6,9-12,14H2,1-2H3/t20?,22-/m1/s1. The van der Waals surface area contributed by atoms with Crippen molar-refractivity contribution in [3.63, 3.8) is 0 Å². The molecule has 5 nitrogen and oxygen atoms in total. The quantitative estimate of drug-likeness (QED) is 0.611. The Kier molecular flexibility index (Phi) is 3.92. The van der Waals surface area contributed by atoms with Crippen LogP contribution < -0.4 is 0 Å². The van der Waals surface area contributed by atoms with E-state index in [1.54, 1.807) is 0 Å². The Morgan fingerprint density at radius 2 is 2.15 bits per heavy atom. The molecule has 1 aromatic carbocycles. The Hall–Kier alpha value is -2.11. The highest BCUT2D eigenvalue weighted by atomic mass is 16.7. The number of carbonyl (C=O) groups excluding carboxylic acids is 1. The molecular weight excluding hydrogens is 340 g/mol. The van der Waals surface area contributed by atoms with Crippen LogP contribution in [0.4, 0.5) is 0 Å². The van der Waals surface area contributed by atoms with E-state index in [4.69, 9.17) is 9.47 Å². The van der Waals surface area contributed by atoms with Crippen LogP contribution in [-0.4, -0.2) is 42.4 Å². The fourth-order valence-electron chi connectivity index (χ4n) is 5.62. The molecule has 142 valence electrons. The van der Waals surface area contributed by atoms with Crippen LogP contribution >= 0.6 is 0 Å². The Labute approximate surface area is 159 Å². The molecule has 1 unspecified atom stereocenters. The smallest absolute Gasteiger partial charge is 0.357 e. The zero-order chi connectivity index (χ0) is 18.6. The zero-order valence-electron chi connectivity index (χ0n) is 16.0. The third-order valence-corrected chi connectivity index (χ3v) is 6.77. The van der Waals surface area contributed by atoms with E-state index >= 15 is 0 Å². The van der Waals surface area contributed by atoms with Crippen molar-refractivity contribution in [2.45, 2.75) is 38.6 Å². The topological polar surface area (TPSA) is 43.7 Å². The number of aromatic nitrogens is 1. The second-order valence-electron chi connectivity index (χ2n) is 7.96. The molecule has 0 bridgehead atoms. The monoisotopic (exact) mass is 366 g/mol. The summed E-state index contributed by atoms with van der Waals surface area (Å²) in [5, 5.41) is 1.27. The summed E-state index contributed by atoms with van der Waals surface area (Å²) < 4.78 is 12.6. The number of ether oxygens (including phenoxy) is 2. The number of benzene rings is 1. The second-order valence-corrected chi connectivity index (χ2v) is 7.96. The summed E-state index contributed by atoms with van der Waals surface area (Å²) in [7, 11) is 1.54. The van der Waals surface area contributed by atoms with Gasteiger partial charge in [0.25, 0.3) is 0 Å². The molecule has 2 atom stereocenters. The number of esters is 1. The maximum atomic E-state index is 13.0. The van der Waals surface area contributed by atoms with Crippen LogP contribution in [0.5, 0.6) is 0 Å². The van der Waals surface area contributed by atoms with Gasteiger partial charge in [-0.1, -0.05) is 25.1 Å². The van der Waals surface area contributed by atoms with Gasteiger partial charge in [0.05, 0.1) is 11.6 Å². The van der Waals surface area contributed by atoms with Gasteiger partial charge in [-0.3, -0.25) is 4.90 Å². The number of fused-ring (bicyclic) bond motifs is 3. The van der Waals surface area contributed by atoms with Gasteiger partial charge >= 0.3 is 5.97 Å². The van der Waals surface area contributed by atoms with E-state index in [0.717, 1.165) is 37.9 Å². The third-order valence-electron chi connectivity index (χ3n) is 6.77. The van der Waals surface area contributed by atoms with Crippen LogP contribution in [0.1, 0.15) is 43.5 Å². The molecule has 5 heteroatoms. The first kappa shape index (κ1) is 17.0. The normalized spacial score (nSPS) is 26.6. The van der Waals surface area contributed by atoms with E-state index in [2.05, 4.69) is 46.7 Å². The number of nitrogens with zero attached hydrogens (tertiary/aromatic N) is 2. The molecule has 3 aliphatic rings. The average Bonchev–Trinajstić information content (AvgIpc) is 3.05. The number of hydrogen-bond acceptors (Lipinski definition) is 4. The van der Waals surface area contributed by atoms with Gasteiger partial charge in [-0.15, -0.1) is 0 Å². The summed E-state index contributed by atoms with van der Waals surface area (Å²) in [6, 6.07) is 8.82. The van der Waals surface area contributed by atoms with Crippen molar-refractivity contribution in [1.82, 2.24) is 9.47 Å². The van der Waals surface area contributed by atoms with Crippen molar-refractivity contribution in [1.29, 1.82) is 0 Å². The molecule has 4 heterocycles. The fourth-order valence-corrected chi connectivity index (χ4v) is 5.62. The number of methoxy groups -OCH3 is 1. The van der Waals surface area contributed by atoms with Crippen molar-refractivity contribution in [2.75, 3.05) is 27.0 Å². The Balaban J connectivity index is 1.79. The lowest BCUT2D eigenvalue weighted by atomic mass is 9.66. The minimum Gasteiger partial charge on any atom is -0.434 e. The summed E-state index contributed by atoms with van der Waals surface area (Å²) in [6.45, 7) is 4.48. The molecule has 1 saturated heterocycles. The Bertz CT molecular complexity index is 944. The van der Waals surface area contributed by atoms with Crippen molar-refractivity contribution in [3.05, 3.63) is 41.6 Å². The molecule has 1 aromatic heterocycles. The van der Waals surface area contributed by atoms with Gasteiger partial charge in [0.15, 0.2) is 6.79 Å². The summed E-state index contributed by atoms with van der Waals surface area (Å²) in [6.07, 6.45) is 6.58. The molecule has 27 heavy (non-hydrogen) atoms. The van der Waals surface area contributed by atoms with Crippen LogP contribution in [-0.2, 0) is 20.7 Å². The van der Waals surface area contributed by atoms with Gasteiger partial charge in [0.2, 0.25) is 0 Å². The predicted octanol–water partition coefficient (Wildman–Crippen LogP) is 3.73. The molecule has 0 spiro atoms. The van der Waals surface area contributed by atoms with Crippen LogP contribution in [0.3, 0.4) is 0 Å². The van der Waals surface area contributed by atoms with Gasteiger partial charge in [-0.2, -0.15) is 0 Å². The van der Waals surface area contributed by atoms with Crippen molar-refractivity contribution < 1.29 is 14.3 Å². The van der Waals surface area contributed by atoms with E-state index in [0.29, 0.717) is 11.7 Å². The van der Waals surface area contributed by atoms with Crippen LogP contribution in [0.2, 0.25) is 0 Å². The van der Waals surface area contributed by atoms with Gasteiger partial charge in [0.1, 0.15) is 5.70 Å². The Morgan fingerprint density at radius 1 is 1.30 bits per heavy atom. The molecular formula is C22H26N2O3. The highest BCUT2D eigenvalue weighted by molar-refractivity contribution is 6.13. The van der Waals surface area contributed by atoms with E-state index in [1.165, 1.54) is 30.2 Å². The van der Waals surface area contributed by atoms with Crippen molar-refractivity contribution in [3.8, 4) is 0 Å². The number of para-hydroxylation sites is 1.